The van der Waals surface area contributed by atoms with Gasteiger partial charge in [0.15, 0.2) is 0 Å². The number of nitrogens with two attached hydrogens (primary N) is 1. The molecule has 0 bridgehead atoms. The molecule has 0 aromatic heterocycles. The molecule has 2 rings (SSSR count). The third-order valence-electron chi connectivity index (χ3n) is 3.06. The van der Waals surface area contributed by atoms with Gasteiger partial charge in [-0.3, -0.25) is 4.79 Å². The Bertz CT molecular complexity index is 434. The Kier molecular flexibility index (Phi) is 4.04. The number of ether oxygens (including phenoxy) is 1. The maximum absolute atomic E-state index is 11.7. The second-order valence-corrected chi connectivity index (χ2v) is 4.31. The number of fused-ring (bicyclic) bond motifs is 1. The van der Waals surface area contributed by atoms with Crippen molar-refractivity contribution in [1.82, 2.24) is 0 Å². The van der Waals surface area contributed by atoms with Gasteiger partial charge in [-0.25, -0.2) is 0 Å². The van der Waals surface area contributed by atoms with E-state index < -0.39 is 0 Å². The molecule has 0 radical (unpaired) electrons. The molecule has 0 aliphatic carbocycles. The van der Waals surface area contributed by atoms with E-state index in [0.29, 0.717) is 13.0 Å². The molecule has 1 aromatic rings. The minimum atomic E-state index is 0.0414. The van der Waals surface area contributed by atoms with Gasteiger partial charge in [0.1, 0.15) is 5.75 Å². The molecule has 0 spiro atoms. The van der Waals surface area contributed by atoms with Crippen LogP contribution in [0, 0.1) is 0 Å². The summed E-state index contributed by atoms with van der Waals surface area (Å²) in [5.74, 6) is 0.787. The van der Waals surface area contributed by atoms with E-state index in [0.717, 1.165) is 36.6 Å². The highest BCUT2D eigenvalue weighted by Gasteiger charge is 2.19. The number of anilines is 2. The van der Waals surface area contributed by atoms with E-state index in [9.17, 15) is 4.79 Å². The number of carbonyl (C=O) groups excluding carboxylic acids is 1. The van der Waals surface area contributed by atoms with Crippen LogP contribution in [0.1, 0.15) is 12.8 Å². The second kappa shape index (κ2) is 5.73. The van der Waals surface area contributed by atoms with E-state index in [2.05, 4.69) is 10.2 Å². The van der Waals surface area contributed by atoms with Crippen molar-refractivity contribution in [3.05, 3.63) is 18.2 Å². The van der Waals surface area contributed by atoms with Gasteiger partial charge in [0.05, 0.1) is 18.5 Å². The number of carbonyl (C=O) groups is 1. The lowest BCUT2D eigenvalue weighted by Gasteiger charge is -2.24. The largest absolute Gasteiger partial charge is 0.497 e. The highest BCUT2D eigenvalue weighted by molar-refractivity contribution is 5.96. The van der Waals surface area contributed by atoms with Crippen LogP contribution in [0.4, 0.5) is 11.4 Å². The normalized spacial score (nSPS) is 14.8. The van der Waals surface area contributed by atoms with Crippen LogP contribution in [0.25, 0.3) is 0 Å². The molecule has 1 heterocycles. The van der Waals surface area contributed by atoms with Crippen LogP contribution < -0.4 is 20.7 Å². The summed E-state index contributed by atoms with van der Waals surface area (Å²) in [6.07, 6.45) is 1.42. The van der Waals surface area contributed by atoms with Gasteiger partial charge in [0.25, 0.3) is 0 Å². The quantitative estimate of drug-likeness (QED) is 0.841. The lowest BCUT2D eigenvalue weighted by atomic mass is 10.2. The molecule has 0 saturated heterocycles. The Morgan fingerprint density at radius 3 is 3.06 bits per heavy atom. The van der Waals surface area contributed by atoms with E-state index in [1.807, 2.05) is 18.2 Å². The molecule has 3 N–H and O–H groups in total. The lowest BCUT2D eigenvalue weighted by Crippen LogP contribution is -2.27. The molecule has 1 aliphatic rings. The fraction of sp³-hybridized carbons (Fsp3) is 0.462. The zero-order chi connectivity index (χ0) is 13.0. The number of hydrogen-bond donors (Lipinski definition) is 2. The predicted molar refractivity (Wildman–Crippen MR) is 72.1 cm³/mol. The Hall–Kier alpha value is -1.75. The maximum Gasteiger partial charge on any atom is 0.226 e. The first-order chi connectivity index (χ1) is 8.74. The summed E-state index contributed by atoms with van der Waals surface area (Å²) in [5, 5.41) is 2.91. The Balaban J connectivity index is 2.29. The third-order valence-corrected chi connectivity index (χ3v) is 3.06. The van der Waals surface area contributed by atoms with Gasteiger partial charge in [0.2, 0.25) is 5.91 Å². The standard InChI is InChI=1S/C13H19N3O2/c1-18-10-3-4-12-11(9-10)15-13(17)5-8-16(12)7-2-6-14/h3-4,9H,2,5-8,14H2,1H3,(H,15,17). The Morgan fingerprint density at radius 1 is 1.50 bits per heavy atom. The number of methoxy groups -OCH3 is 1. The van der Waals surface area contributed by atoms with E-state index in [1.54, 1.807) is 7.11 Å². The summed E-state index contributed by atoms with van der Waals surface area (Å²) in [6, 6.07) is 5.75. The van der Waals surface area contributed by atoms with Crippen molar-refractivity contribution in [2.24, 2.45) is 5.73 Å². The number of amides is 1. The van der Waals surface area contributed by atoms with Crippen molar-refractivity contribution in [3.63, 3.8) is 0 Å². The molecule has 5 heteroatoms. The summed E-state index contributed by atoms with van der Waals surface area (Å²) in [5.41, 5.74) is 7.40. The highest BCUT2D eigenvalue weighted by atomic mass is 16.5. The number of hydrogen-bond acceptors (Lipinski definition) is 4. The van der Waals surface area contributed by atoms with Crippen LogP contribution in [-0.4, -0.2) is 32.7 Å². The number of nitrogens with zero attached hydrogens (tertiary/aromatic N) is 1. The van der Waals surface area contributed by atoms with Gasteiger partial charge >= 0.3 is 0 Å². The molecule has 0 saturated carbocycles. The van der Waals surface area contributed by atoms with Crippen molar-refractivity contribution in [2.45, 2.75) is 12.8 Å². The number of rotatable bonds is 4. The summed E-state index contributed by atoms with van der Waals surface area (Å²) in [7, 11) is 1.62. The fourth-order valence-corrected chi connectivity index (χ4v) is 2.10. The molecule has 1 aliphatic heterocycles. The van der Waals surface area contributed by atoms with E-state index in [1.165, 1.54) is 0 Å². The monoisotopic (exact) mass is 249 g/mol. The van der Waals surface area contributed by atoms with Crippen LogP contribution in [0.2, 0.25) is 0 Å². The predicted octanol–water partition coefficient (Wildman–Crippen LogP) is 1.19. The van der Waals surface area contributed by atoms with Crippen LogP contribution in [-0.2, 0) is 4.79 Å². The molecule has 5 nitrogen and oxygen atoms in total. The third kappa shape index (κ3) is 2.73. The van der Waals surface area contributed by atoms with Crippen LogP contribution in [0.3, 0.4) is 0 Å². The van der Waals surface area contributed by atoms with Gasteiger partial charge in [-0.1, -0.05) is 0 Å². The molecule has 98 valence electrons. The summed E-state index contributed by atoms with van der Waals surface area (Å²) >= 11 is 0. The first-order valence-corrected chi connectivity index (χ1v) is 6.17. The van der Waals surface area contributed by atoms with Crippen LogP contribution in [0.15, 0.2) is 18.2 Å². The van der Waals surface area contributed by atoms with Gasteiger partial charge < -0.3 is 20.7 Å². The molecular formula is C13H19N3O2. The van der Waals surface area contributed by atoms with E-state index >= 15 is 0 Å². The molecule has 18 heavy (non-hydrogen) atoms. The van der Waals surface area contributed by atoms with Crippen molar-refractivity contribution >= 4 is 17.3 Å². The molecule has 1 aromatic carbocycles. The summed E-state index contributed by atoms with van der Waals surface area (Å²) < 4.78 is 5.18. The summed E-state index contributed by atoms with van der Waals surface area (Å²) in [4.78, 5) is 13.9. The molecule has 1 amide bonds. The van der Waals surface area contributed by atoms with Crippen LogP contribution >= 0.6 is 0 Å². The van der Waals surface area contributed by atoms with Crippen molar-refractivity contribution < 1.29 is 9.53 Å². The SMILES string of the molecule is COc1ccc2c(c1)NC(=O)CCN2CCCN. The van der Waals surface area contributed by atoms with E-state index in [-0.39, 0.29) is 5.91 Å². The minimum Gasteiger partial charge on any atom is -0.497 e. The van der Waals surface area contributed by atoms with Crippen molar-refractivity contribution in [1.29, 1.82) is 0 Å². The molecule has 0 atom stereocenters. The van der Waals surface area contributed by atoms with Crippen molar-refractivity contribution in [3.8, 4) is 5.75 Å². The average molecular weight is 249 g/mol. The molecule has 0 fully saturated rings. The summed E-state index contributed by atoms with van der Waals surface area (Å²) in [6.45, 7) is 2.25. The zero-order valence-corrected chi connectivity index (χ0v) is 10.6. The number of benzene rings is 1. The Labute approximate surface area is 107 Å². The van der Waals surface area contributed by atoms with Gasteiger partial charge in [0, 0.05) is 25.6 Å². The topological polar surface area (TPSA) is 67.6 Å². The maximum atomic E-state index is 11.7. The first kappa shape index (κ1) is 12.7. The molecular weight excluding hydrogens is 230 g/mol. The van der Waals surface area contributed by atoms with Crippen LogP contribution in [0.5, 0.6) is 5.75 Å². The first-order valence-electron chi connectivity index (χ1n) is 6.17. The number of nitrogens with one attached hydrogen (secondary N) is 1. The lowest BCUT2D eigenvalue weighted by molar-refractivity contribution is -0.115. The fourth-order valence-electron chi connectivity index (χ4n) is 2.10. The van der Waals surface area contributed by atoms with E-state index in [4.69, 9.17) is 10.5 Å². The second-order valence-electron chi connectivity index (χ2n) is 4.31. The smallest absolute Gasteiger partial charge is 0.226 e. The van der Waals surface area contributed by atoms with Gasteiger partial charge in [-0.2, -0.15) is 0 Å². The van der Waals surface area contributed by atoms with Gasteiger partial charge in [-0.15, -0.1) is 0 Å². The average Bonchev–Trinajstić information content (AvgIpc) is 2.54. The van der Waals surface area contributed by atoms with Crippen molar-refractivity contribution in [2.75, 3.05) is 37.0 Å². The Morgan fingerprint density at radius 2 is 2.33 bits per heavy atom. The zero-order valence-electron chi connectivity index (χ0n) is 10.6. The minimum absolute atomic E-state index is 0.0414. The highest BCUT2D eigenvalue weighted by Crippen LogP contribution is 2.32. The molecule has 0 unspecified atom stereocenters. The van der Waals surface area contributed by atoms with Gasteiger partial charge in [-0.05, 0) is 25.1 Å².